The average Bonchev–Trinajstić information content (AvgIpc) is 2.79. The quantitative estimate of drug-likeness (QED) is 0.137. The van der Waals surface area contributed by atoms with Crippen molar-refractivity contribution in [2.75, 3.05) is 0 Å². The van der Waals surface area contributed by atoms with Crippen molar-refractivity contribution in [2.24, 2.45) is 0 Å². The Morgan fingerprint density at radius 3 is 2.52 bits per heavy atom. The number of hydrogen-bond donors (Lipinski definition) is 0. The number of benzene rings is 3. The van der Waals surface area contributed by atoms with E-state index in [0.717, 1.165) is 27.8 Å². The smallest absolute Gasteiger partial charge is 0.178 e. The maximum Gasteiger partial charge on any atom is 0.178 e. The number of fused-ring (bicyclic) bond motifs is 3. The molecular weight excluding hydrogens is 559 g/mol. The van der Waals surface area contributed by atoms with E-state index in [9.17, 15) is 0 Å². The summed E-state index contributed by atoms with van der Waals surface area (Å²) in [4.78, 5) is 5.05. The second-order valence-corrected chi connectivity index (χ2v) is 8.24. The lowest BCUT2D eigenvalue weighted by molar-refractivity contribution is -0.686. The van der Waals surface area contributed by atoms with Gasteiger partial charge in [0.05, 0.1) is 16.8 Å². The third-order valence-electron chi connectivity index (χ3n) is 5.35. The second-order valence-electron chi connectivity index (χ2n) is 7.32. The van der Waals surface area contributed by atoms with Gasteiger partial charge in [0, 0.05) is 15.9 Å². The maximum atomic E-state index is 5.05. The first kappa shape index (κ1) is 21.7. The summed E-state index contributed by atoms with van der Waals surface area (Å²) in [5, 5.41) is 3.64. The Morgan fingerprint density at radius 2 is 1.71 bits per heavy atom. The summed E-state index contributed by atoms with van der Waals surface area (Å²) in [5.74, 6) is 0. The van der Waals surface area contributed by atoms with E-state index in [1.807, 2.05) is 6.08 Å². The van der Waals surface area contributed by atoms with E-state index in [4.69, 9.17) is 4.98 Å². The number of rotatable bonds is 4. The Labute approximate surface area is 207 Å². The van der Waals surface area contributed by atoms with Crippen LogP contribution < -0.4 is 28.5 Å². The Morgan fingerprint density at radius 1 is 0.903 bits per heavy atom. The highest BCUT2D eigenvalue weighted by molar-refractivity contribution is 9.10. The van der Waals surface area contributed by atoms with Gasteiger partial charge in [-0.3, -0.25) is 0 Å². The second kappa shape index (κ2) is 9.28. The first-order chi connectivity index (χ1) is 14.7. The molecule has 0 unspecified atom stereocenters. The summed E-state index contributed by atoms with van der Waals surface area (Å²) in [6.07, 6.45) is 6.08. The van der Waals surface area contributed by atoms with Gasteiger partial charge in [0.25, 0.3) is 0 Å². The molecule has 0 amide bonds. The minimum atomic E-state index is 0. The van der Waals surface area contributed by atoms with Crippen molar-refractivity contribution in [1.82, 2.24) is 4.98 Å². The van der Waals surface area contributed by atoms with Crippen molar-refractivity contribution in [3.8, 4) is 22.4 Å². The van der Waals surface area contributed by atoms with Gasteiger partial charge in [-0.15, -0.1) is 0 Å². The molecule has 0 atom stereocenters. The largest absolute Gasteiger partial charge is 1.00 e. The summed E-state index contributed by atoms with van der Waals surface area (Å²) < 4.78 is 3.19. The molecule has 4 heteroatoms. The molecule has 0 saturated heterocycles. The molecule has 0 aliphatic heterocycles. The summed E-state index contributed by atoms with van der Waals surface area (Å²) in [5.41, 5.74) is 5.43. The van der Waals surface area contributed by atoms with E-state index in [0.29, 0.717) is 0 Å². The van der Waals surface area contributed by atoms with Crippen LogP contribution in [0, 0.1) is 0 Å². The molecule has 2 aromatic heterocycles. The third-order valence-corrected chi connectivity index (χ3v) is 5.88. The fourth-order valence-electron chi connectivity index (χ4n) is 3.95. The minimum Gasteiger partial charge on any atom is -1.00 e. The maximum absolute atomic E-state index is 5.05. The lowest BCUT2D eigenvalue weighted by Crippen LogP contribution is -3.00. The zero-order chi connectivity index (χ0) is 20.5. The fraction of sp³-hybridized carbons (Fsp3) is 0.0370. The highest BCUT2D eigenvalue weighted by Gasteiger charge is 2.14. The van der Waals surface area contributed by atoms with E-state index >= 15 is 0 Å². The Hall–Kier alpha value is -2.57. The van der Waals surface area contributed by atoms with Crippen LogP contribution in [0.15, 0.2) is 108 Å². The molecule has 31 heavy (non-hydrogen) atoms. The topological polar surface area (TPSA) is 16.8 Å². The van der Waals surface area contributed by atoms with Gasteiger partial charge in [-0.25, -0.2) is 9.55 Å². The van der Waals surface area contributed by atoms with E-state index in [-0.39, 0.29) is 24.0 Å². The fourth-order valence-corrected chi connectivity index (χ4v) is 4.21. The molecule has 3 aromatic carbocycles. The van der Waals surface area contributed by atoms with E-state index in [2.05, 4.69) is 118 Å². The Balaban J connectivity index is 0.00000231. The summed E-state index contributed by atoms with van der Waals surface area (Å²) in [6, 6.07) is 27.7. The molecule has 0 spiro atoms. The van der Waals surface area contributed by atoms with Crippen molar-refractivity contribution in [3.63, 3.8) is 0 Å². The number of allylic oxidation sites excluding steroid dienone is 1. The number of aromatic nitrogens is 2. The molecule has 0 radical (unpaired) electrons. The van der Waals surface area contributed by atoms with Gasteiger partial charge >= 0.3 is 0 Å². The lowest BCUT2D eigenvalue weighted by Gasteiger charge is -2.13. The first-order valence-electron chi connectivity index (χ1n) is 9.92. The molecule has 2 nitrogen and oxygen atoms in total. The zero-order valence-corrected chi connectivity index (χ0v) is 20.5. The van der Waals surface area contributed by atoms with Crippen molar-refractivity contribution in [2.45, 2.75) is 6.54 Å². The van der Waals surface area contributed by atoms with Crippen LogP contribution >= 0.6 is 15.9 Å². The summed E-state index contributed by atoms with van der Waals surface area (Å²) in [7, 11) is 0. The van der Waals surface area contributed by atoms with Crippen LogP contribution in [0.25, 0.3) is 44.1 Å². The first-order valence-corrected chi connectivity index (χ1v) is 10.7. The van der Waals surface area contributed by atoms with Crippen LogP contribution in [0.2, 0.25) is 0 Å². The Bertz CT molecular complexity index is 1390. The Kier molecular flexibility index (Phi) is 6.49. The van der Waals surface area contributed by atoms with Gasteiger partial charge in [-0.1, -0.05) is 65.0 Å². The molecule has 0 aliphatic rings. The van der Waals surface area contributed by atoms with Gasteiger partial charge < -0.3 is 24.0 Å². The molecule has 0 saturated carbocycles. The molecule has 0 aliphatic carbocycles. The van der Waals surface area contributed by atoms with E-state index < -0.39 is 0 Å². The highest BCUT2D eigenvalue weighted by atomic mass is 127. The van der Waals surface area contributed by atoms with Crippen LogP contribution in [0.5, 0.6) is 0 Å². The predicted molar refractivity (Wildman–Crippen MR) is 128 cm³/mol. The molecule has 152 valence electrons. The summed E-state index contributed by atoms with van der Waals surface area (Å²) >= 11 is 3.56. The van der Waals surface area contributed by atoms with Gasteiger partial charge in [-0.05, 0) is 58.3 Å². The van der Waals surface area contributed by atoms with Crippen molar-refractivity contribution < 1.29 is 28.5 Å². The van der Waals surface area contributed by atoms with Gasteiger partial charge in [-0.2, -0.15) is 0 Å². The molecule has 2 heterocycles. The average molecular weight is 579 g/mol. The van der Waals surface area contributed by atoms with Crippen molar-refractivity contribution >= 4 is 37.6 Å². The number of halogens is 2. The van der Waals surface area contributed by atoms with Crippen LogP contribution in [-0.4, -0.2) is 4.98 Å². The van der Waals surface area contributed by atoms with Crippen molar-refractivity contribution in [3.05, 3.63) is 108 Å². The number of hydrogen-bond acceptors (Lipinski definition) is 1. The van der Waals surface area contributed by atoms with E-state index in [1.54, 1.807) is 0 Å². The third kappa shape index (κ3) is 4.27. The molecule has 0 bridgehead atoms. The van der Waals surface area contributed by atoms with Crippen LogP contribution in [0.1, 0.15) is 0 Å². The monoisotopic (exact) mass is 578 g/mol. The minimum absolute atomic E-state index is 0. The SMILES string of the molecule is C=CC[n+]1cccc(-c2cc(-c3ccc(Br)cc3)c3c(ccc4ccccc43)n2)c1.[I-]. The molecular formula is C27H20BrIN2. The van der Waals surface area contributed by atoms with E-state index in [1.165, 1.54) is 27.3 Å². The van der Waals surface area contributed by atoms with Gasteiger partial charge in [0.2, 0.25) is 0 Å². The van der Waals surface area contributed by atoms with Crippen LogP contribution in [0.3, 0.4) is 0 Å². The molecule has 0 fully saturated rings. The molecule has 5 rings (SSSR count). The van der Waals surface area contributed by atoms with Crippen molar-refractivity contribution in [1.29, 1.82) is 0 Å². The number of pyridine rings is 2. The van der Waals surface area contributed by atoms with Crippen LogP contribution in [0.4, 0.5) is 0 Å². The standard InChI is InChI=1S/C27H20BrN2.HI/c1-2-15-30-16-5-7-21(18-30)26-17-24(20-9-12-22(28)13-10-20)27-23-8-4-3-6-19(23)11-14-25(27)29-26;/h2-14,16-18H,1,15H2;1H/q+1;/p-1. The molecule has 0 N–H and O–H groups in total. The highest BCUT2D eigenvalue weighted by Crippen LogP contribution is 2.36. The van der Waals surface area contributed by atoms with Gasteiger partial charge in [0.1, 0.15) is 0 Å². The summed E-state index contributed by atoms with van der Waals surface area (Å²) in [6.45, 7) is 4.62. The zero-order valence-electron chi connectivity index (χ0n) is 16.8. The molecule has 5 aromatic rings. The van der Waals surface area contributed by atoms with Crippen LogP contribution in [-0.2, 0) is 6.54 Å². The van der Waals surface area contributed by atoms with Gasteiger partial charge in [0.15, 0.2) is 18.9 Å². The lowest BCUT2D eigenvalue weighted by atomic mass is 9.95. The number of nitrogens with zero attached hydrogens (tertiary/aromatic N) is 2. The predicted octanol–water partition coefficient (Wildman–Crippen LogP) is 3.96. The normalized spacial score (nSPS) is 10.7.